The zero-order valence-corrected chi connectivity index (χ0v) is 10.5. The van der Waals surface area contributed by atoms with E-state index in [2.05, 4.69) is 40.3 Å². The number of pyridine rings is 1. The third-order valence-corrected chi connectivity index (χ3v) is 3.57. The number of hydrogen-bond donors (Lipinski definition) is 1. The number of benzene rings is 2. The van der Waals surface area contributed by atoms with E-state index in [0.29, 0.717) is 5.88 Å². The van der Waals surface area contributed by atoms with Gasteiger partial charge in [0.05, 0.1) is 18.0 Å². The zero-order chi connectivity index (χ0) is 12.8. The van der Waals surface area contributed by atoms with Gasteiger partial charge in [0.15, 0.2) is 0 Å². The topological polar surface area (TPSA) is 37.9 Å². The Morgan fingerprint density at radius 1 is 1.00 bits per heavy atom. The van der Waals surface area contributed by atoms with Crippen LogP contribution < -0.4 is 4.74 Å². The minimum Gasteiger partial charge on any atom is -0.480 e. The molecule has 4 aromatic rings. The summed E-state index contributed by atoms with van der Waals surface area (Å²) in [5.74, 6) is 0.662. The number of methoxy groups -OCH3 is 1. The number of para-hydroxylation sites is 1. The quantitative estimate of drug-likeness (QED) is 0.555. The number of fused-ring (bicyclic) bond motifs is 5. The highest BCUT2D eigenvalue weighted by atomic mass is 16.5. The molecule has 19 heavy (non-hydrogen) atoms. The summed E-state index contributed by atoms with van der Waals surface area (Å²) in [6, 6.07) is 14.6. The summed E-state index contributed by atoms with van der Waals surface area (Å²) in [5, 5.41) is 4.60. The molecule has 0 amide bonds. The SMILES string of the molecule is COc1nccc2ccc3c4ccccc4[nH]c3c12. The fourth-order valence-corrected chi connectivity index (χ4v) is 2.71. The van der Waals surface area contributed by atoms with Gasteiger partial charge in [0.25, 0.3) is 0 Å². The number of hydrogen-bond acceptors (Lipinski definition) is 2. The molecule has 0 aliphatic carbocycles. The van der Waals surface area contributed by atoms with Gasteiger partial charge in [0.1, 0.15) is 0 Å². The lowest BCUT2D eigenvalue weighted by molar-refractivity contribution is 0.403. The van der Waals surface area contributed by atoms with E-state index in [-0.39, 0.29) is 0 Å². The maximum atomic E-state index is 5.40. The van der Waals surface area contributed by atoms with E-state index >= 15 is 0 Å². The van der Waals surface area contributed by atoms with Crippen LogP contribution in [0.15, 0.2) is 48.7 Å². The van der Waals surface area contributed by atoms with E-state index in [9.17, 15) is 0 Å². The van der Waals surface area contributed by atoms with Crippen LogP contribution >= 0.6 is 0 Å². The first-order chi connectivity index (χ1) is 9.38. The van der Waals surface area contributed by atoms with Gasteiger partial charge in [-0.3, -0.25) is 0 Å². The molecule has 0 radical (unpaired) electrons. The van der Waals surface area contributed by atoms with Gasteiger partial charge in [-0.05, 0) is 17.5 Å². The first kappa shape index (κ1) is 10.4. The zero-order valence-electron chi connectivity index (χ0n) is 10.5. The van der Waals surface area contributed by atoms with Gasteiger partial charge in [0, 0.05) is 22.5 Å². The van der Waals surface area contributed by atoms with E-state index < -0.39 is 0 Å². The Morgan fingerprint density at radius 2 is 1.89 bits per heavy atom. The summed E-state index contributed by atoms with van der Waals surface area (Å²) >= 11 is 0. The van der Waals surface area contributed by atoms with E-state index in [1.165, 1.54) is 10.8 Å². The van der Waals surface area contributed by atoms with Crippen LogP contribution in [0.1, 0.15) is 0 Å². The van der Waals surface area contributed by atoms with Crippen LogP contribution in [0.3, 0.4) is 0 Å². The number of nitrogens with one attached hydrogen (secondary N) is 1. The molecular weight excluding hydrogens is 236 g/mol. The maximum absolute atomic E-state index is 5.40. The molecule has 3 nitrogen and oxygen atoms in total. The van der Waals surface area contributed by atoms with Crippen molar-refractivity contribution in [2.45, 2.75) is 0 Å². The summed E-state index contributed by atoms with van der Waals surface area (Å²) in [5.41, 5.74) is 2.22. The molecule has 92 valence electrons. The molecule has 2 aromatic carbocycles. The average molecular weight is 248 g/mol. The van der Waals surface area contributed by atoms with Crippen molar-refractivity contribution < 1.29 is 4.74 Å². The predicted octanol–water partition coefficient (Wildman–Crippen LogP) is 3.88. The molecule has 3 heteroatoms. The molecule has 1 N–H and O–H groups in total. The predicted molar refractivity (Wildman–Crippen MR) is 77.7 cm³/mol. The lowest BCUT2D eigenvalue weighted by Crippen LogP contribution is -1.89. The Morgan fingerprint density at radius 3 is 2.79 bits per heavy atom. The fourth-order valence-electron chi connectivity index (χ4n) is 2.71. The first-order valence-corrected chi connectivity index (χ1v) is 6.20. The van der Waals surface area contributed by atoms with Gasteiger partial charge in [-0.25, -0.2) is 4.98 Å². The molecule has 0 saturated carbocycles. The lowest BCUT2D eigenvalue weighted by atomic mass is 10.1. The summed E-state index contributed by atoms with van der Waals surface area (Å²) in [4.78, 5) is 7.78. The van der Waals surface area contributed by atoms with Crippen LogP contribution in [-0.4, -0.2) is 17.1 Å². The van der Waals surface area contributed by atoms with E-state index in [1.807, 2.05) is 12.1 Å². The Balaban J connectivity index is 2.30. The second kappa shape index (κ2) is 3.72. The third-order valence-electron chi connectivity index (χ3n) is 3.57. The van der Waals surface area contributed by atoms with Crippen LogP contribution in [-0.2, 0) is 0 Å². The molecule has 2 aromatic heterocycles. The molecule has 0 aliphatic heterocycles. The molecule has 0 spiro atoms. The maximum Gasteiger partial charge on any atom is 0.223 e. The van der Waals surface area contributed by atoms with Crippen molar-refractivity contribution in [3.8, 4) is 5.88 Å². The van der Waals surface area contributed by atoms with Crippen LogP contribution in [0.2, 0.25) is 0 Å². The summed E-state index contributed by atoms with van der Waals surface area (Å²) < 4.78 is 5.40. The van der Waals surface area contributed by atoms with E-state index in [0.717, 1.165) is 21.8 Å². The van der Waals surface area contributed by atoms with Gasteiger partial charge < -0.3 is 9.72 Å². The molecular formula is C16H12N2O. The summed E-state index contributed by atoms with van der Waals surface area (Å²) in [7, 11) is 1.66. The molecule has 0 fully saturated rings. The highest BCUT2D eigenvalue weighted by Gasteiger charge is 2.11. The fraction of sp³-hybridized carbons (Fsp3) is 0.0625. The minimum atomic E-state index is 0.662. The Bertz CT molecular complexity index is 908. The number of nitrogens with zero attached hydrogens (tertiary/aromatic N) is 1. The van der Waals surface area contributed by atoms with Crippen molar-refractivity contribution in [1.29, 1.82) is 0 Å². The number of aromatic nitrogens is 2. The van der Waals surface area contributed by atoms with Crippen LogP contribution in [0.4, 0.5) is 0 Å². The summed E-state index contributed by atoms with van der Waals surface area (Å²) in [6.45, 7) is 0. The molecule has 2 heterocycles. The van der Waals surface area contributed by atoms with Crippen LogP contribution in [0.25, 0.3) is 32.6 Å². The van der Waals surface area contributed by atoms with Crippen molar-refractivity contribution >= 4 is 32.6 Å². The van der Waals surface area contributed by atoms with Gasteiger partial charge in [0.2, 0.25) is 5.88 Å². The van der Waals surface area contributed by atoms with Gasteiger partial charge in [-0.15, -0.1) is 0 Å². The van der Waals surface area contributed by atoms with E-state index in [4.69, 9.17) is 4.74 Å². The monoisotopic (exact) mass is 248 g/mol. The first-order valence-electron chi connectivity index (χ1n) is 6.20. The number of H-pyrrole nitrogens is 1. The van der Waals surface area contributed by atoms with Crippen molar-refractivity contribution in [2.75, 3.05) is 7.11 Å². The molecule has 0 atom stereocenters. The normalized spacial score (nSPS) is 11.4. The standard InChI is InChI=1S/C16H12N2O/c1-19-16-14-10(8-9-17-16)6-7-12-11-4-2-3-5-13(11)18-15(12)14/h2-9,18H,1H3. The average Bonchev–Trinajstić information content (AvgIpc) is 2.85. The second-order valence-electron chi connectivity index (χ2n) is 4.58. The molecule has 0 bridgehead atoms. The number of rotatable bonds is 1. The van der Waals surface area contributed by atoms with Gasteiger partial charge in [-0.2, -0.15) is 0 Å². The third kappa shape index (κ3) is 1.35. The van der Waals surface area contributed by atoms with Crippen LogP contribution in [0.5, 0.6) is 5.88 Å². The Labute approximate surface area is 109 Å². The number of aromatic amines is 1. The Hall–Kier alpha value is -2.55. The van der Waals surface area contributed by atoms with Crippen molar-refractivity contribution in [3.63, 3.8) is 0 Å². The van der Waals surface area contributed by atoms with Crippen molar-refractivity contribution in [2.24, 2.45) is 0 Å². The van der Waals surface area contributed by atoms with Crippen molar-refractivity contribution in [1.82, 2.24) is 9.97 Å². The Kier molecular flexibility index (Phi) is 2.03. The molecule has 0 aliphatic rings. The molecule has 0 unspecified atom stereocenters. The highest BCUT2D eigenvalue weighted by Crippen LogP contribution is 2.34. The molecule has 0 saturated heterocycles. The van der Waals surface area contributed by atoms with Crippen LogP contribution in [0, 0.1) is 0 Å². The smallest absolute Gasteiger partial charge is 0.223 e. The van der Waals surface area contributed by atoms with Crippen molar-refractivity contribution in [3.05, 3.63) is 48.7 Å². The largest absolute Gasteiger partial charge is 0.480 e. The molecule has 4 rings (SSSR count). The number of ether oxygens (including phenoxy) is 1. The van der Waals surface area contributed by atoms with E-state index in [1.54, 1.807) is 13.3 Å². The minimum absolute atomic E-state index is 0.662. The van der Waals surface area contributed by atoms with Gasteiger partial charge in [-0.1, -0.05) is 30.3 Å². The highest BCUT2D eigenvalue weighted by molar-refractivity contribution is 6.18. The summed E-state index contributed by atoms with van der Waals surface area (Å²) in [6.07, 6.45) is 1.77. The lowest BCUT2D eigenvalue weighted by Gasteiger charge is -2.04. The van der Waals surface area contributed by atoms with Gasteiger partial charge >= 0.3 is 0 Å². The second-order valence-corrected chi connectivity index (χ2v) is 4.58.